The van der Waals surface area contributed by atoms with Crippen LogP contribution in [0.1, 0.15) is 29.2 Å². The van der Waals surface area contributed by atoms with Crippen molar-refractivity contribution in [3.05, 3.63) is 70.5 Å². The molecule has 0 spiro atoms. The zero-order valence-electron chi connectivity index (χ0n) is 16.1. The topological polar surface area (TPSA) is 39.7 Å². The summed E-state index contributed by atoms with van der Waals surface area (Å²) in [5.41, 5.74) is 4.15. The van der Waals surface area contributed by atoms with Crippen LogP contribution in [0.4, 0.5) is 4.39 Å². The molecule has 2 aromatic carbocycles. The van der Waals surface area contributed by atoms with Crippen molar-refractivity contribution in [2.45, 2.75) is 33.5 Å². The molecular weight excluding hydrogens is 327 g/mol. The maximum atomic E-state index is 13.4. The minimum atomic E-state index is -0.174. The molecule has 0 aromatic heterocycles. The molecule has 2 rings (SSSR count). The average Bonchev–Trinajstić information content (AvgIpc) is 2.60. The zero-order valence-corrected chi connectivity index (χ0v) is 16.1. The fraction of sp³-hybridized carbons (Fsp3) is 0.381. The molecule has 0 aliphatic rings. The van der Waals surface area contributed by atoms with E-state index in [-0.39, 0.29) is 5.82 Å². The standard InChI is InChI=1S/C21H29FN4/c1-5-23-21(25-14-18-9-10-20(22)16(2)11-18)24-13-17-7-6-8-19(12-17)15-26(3)4/h6-12H,5,13-15H2,1-4H3,(H2,23,24,25). The Morgan fingerprint density at radius 3 is 2.50 bits per heavy atom. The first kappa shape index (κ1) is 19.9. The van der Waals surface area contributed by atoms with Gasteiger partial charge in [-0.15, -0.1) is 0 Å². The molecule has 0 saturated heterocycles. The monoisotopic (exact) mass is 356 g/mol. The highest BCUT2D eigenvalue weighted by Gasteiger charge is 2.02. The van der Waals surface area contributed by atoms with E-state index in [2.05, 4.69) is 58.9 Å². The van der Waals surface area contributed by atoms with Crippen molar-refractivity contribution >= 4 is 5.96 Å². The second-order valence-electron chi connectivity index (χ2n) is 6.69. The molecule has 0 aliphatic heterocycles. The normalized spacial score (nSPS) is 11.7. The summed E-state index contributed by atoms with van der Waals surface area (Å²) >= 11 is 0. The average molecular weight is 356 g/mol. The fourth-order valence-electron chi connectivity index (χ4n) is 2.71. The maximum absolute atomic E-state index is 13.4. The van der Waals surface area contributed by atoms with E-state index in [1.807, 2.05) is 13.0 Å². The molecule has 2 N–H and O–H groups in total. The van der Waals surface area contributed by atoms with Gasteiger partial charge in [-0.25, -0.2) is 9.38 Å². The smallest absolute Gasteiger partial charge is 0.191 e. The lowest BCUT2D eigenvalue weighted by molar-refractivity contribution is 0.402. The maximum Gasteiger partial charge on any atom is 0.191 e. The Bertz CT molecular complexity index is 741. The third-order valence-corrected chi connectivity index (χ3v) is 3.94. The van der Waals surface area contributed by atoms with Crippen molar-refractivity contribution in [3.8, 4) is 0 Å². The van der Waals surface area contributed by atoms with Crippen LogP contribution >= 0.6 is 0 Å². The Morgan fingerprint density at radius 1 is 1.04 bits per heavy atom. The second kappa shape index (κ2) is 9.92. The van der Waals surface area contributed by atoms with Crippen LogP contribution in [0.3, 0.4) is 0 Å². The summed E-state index contributed by atoms with van der Waals surface area (Å²) in [5.74, 6) is 0.583. The number of guanidine groups is 1. The lowest BCUT2D eigenvalue weighted by Gasteiger charge is -2.13. The van der Waals surface area contributed by atoms with Crippen LogP contribution in [0.2, 0.25) is 0 Å². The molecule has 0 aliphatic carbocycles. The molecule has 0 fully saturated rings. The van der Waals surface area contributed by atoms with Gasteiger partial charge in [-0.3, -0.25) is 0 Å². The predicted molar refractivity (Wildman–Crippen MR) is 107 cm³/mol. The third-order valence-electron chi connectivity index (χ3n) is 3.94. The van der Waals surface area contributed by atoms with Crippen molar-refractivity contribution in [2.75, 3.05) is 20.6 Å². The molecule has 0 radical (unpaired) electrons. The molecule has 0 bridgehead atoms. The van der Waals surface area contributed by atoms with Crippen LogP contribution in [0.15, 0.2) is 47.5 Å². The van der Waals surface area contributed by atoms with E-state index in [0.29, 0.717) is 18.7 Å². The predicted octanol–water partition coefficient (Wildman–Crippen LogP) is 3.45. The van der Waals surface area contributed by atoms with Crippen LogP contribution in [0.5, 0.6) is 0 Å². The number of rotatable bonds is 7. The number of benzene rings is 2. The molecule has 5 heteroatoms. The van der Waals surface area contributed by atoms with Crippen molar-refractivity contribution in [1.29, 1.82) is 0 Å². The van der Waals surface area contributed by atoms with Crippen LogP contribution in [-0.2, 0) is 19.6 Å². The van der Waals surface area contributed by atoms with E-state index in [4.69, 9.17) is 0 Å². The fourth-order valence-corrected chi connectivity index (χ4v) is 2.71. The van der Waals surface area contributed by atoms with E-state index < -0.39 is 0 Å². The highest BCUT2D eigenvalue weighted by atomic mass is 19.1. The van der Waals surface area contributed by atoms with Crippen molar-refractivity contribution in [2.24, 2.45) is 4.99 Å². The molecule has 0 amide bonds. The number of halogens is 1. The number of nitrogens with one attached hydrogen (secondary N) is 2. The summed E-state index contributed by atoms with van der Waals surface area (Å²) < 4.78 is 13.4. The van der Waals surface area contributed by atoms with Crippen molar-refractivity contribution in [1.82, 2.24) is 15.5 Å². The van der Waals surface area contributed by atoms with Gasteiger partial charge in [-0.05, 0) is 56.3 Å². The van der Waals surface area contributed by atoms with Crippen LogP contribution in [-0.4, -0.2) is 31.5 Å². The first-order valence-corrected chi connectivity index (χ1v) is 8.97. The van der Waals surface area contributed by atoms with Gasteiger partial charge in [0, 0.05) is 19.6 Å². The number of aryl methyl sites for hydroxylation is 1. The van der Waals surface area contributed by atoms with Gasteiger partial charge in [0.2, 0.25) is 0 Å². The summed E-state index contributed by atoms with van der Waals surface area (Å²) in [7, 11) is 4.13. The molecule has 26 heavy (non-hydrogen) atoms. The van der Waals surface area contributed by atoms with Gasteiger partial charge in [0.25, 0.3) is 0 Å². The van der Waals surface area contributed by atoms with E-state index in [9.17, 15) is 4.39 Å². The molecule has 2 aromatic rings. The SMILES string of the molecule is CCNC(=NCc1cccc(CN(C)C)c1)NCc1ccc(F)c(C)c1. The highest BCUT2D eigenvalue weighted by molar-refractivity contribution is 5.79. The molecular formula is C21H29FN4. The minimum Gasteiger partial charge on any atom is -0.357 e. The van der Waals surface area contributed by atoms with Crippen LogP contribution < -0.4 is 10.6 Å². The number of hydrogen-bond donors (Lipinski definition) is 2. The lowest BCUT2D eigenvalue weighted by atomic mass is 10.1. The molecule has 0 saturated carbocycles. The van der Waals surface area contributed by atoms with Gasteiger partial charge in [0.05, 0.1) is 6.54 Å². The van der Waals surface area contributed by atoms with E-state index in [1.54, 1.807) is 13.0 Å². The van der Waals surface area contributed by atoms with Gasteiger partial charge in [0.15, 0.2) is 5.96 Å². The van der Waals surface area contributed by atoms with Crippen molar-refractivity contribution < 1.29 is 4.39 Å². The minimum absolute atomic E-state index is 0.174. The third kappa shape index (κ3) is 6.48. The zero-order chi connectivity index (χ0) is 18.9. The Balaban J connectivity index is 2.00. The quantitative estimate of drug-likeness (QED) is 0.590. The van der Waals surface area contributed by atoms with E-state index in [1.165, 1.54) is 17.2 Å². The first-order valence-electron chi connectivity index (χ1n) is 8.97. The number of nitrogens with zero attached hydrogens (tertiary/aromatic N) is 2. The summed E-state index contributed by atoms with van der Waals surface area (Å²) in [6.07, 6.45) is 0. The first-order chi connectivity index (χ1) is 12.5. The second-order valence-corrected chi connectivity index (χ2v) is 6.69. The molecule has 4 nitrogen and oxygen atoms in total. The Morgan fingerprint density at radius 2 is 1.81 bits per heavy atom. The van der Waals surface area contributed by atoms with Crippen LogP contribution in [0.25, 0.3) is 0 Å². The van der Waals surface area contributed by atoms with Gasteiger partial charge in [-0.2, -0.15) is 0 Å². The summed E-state index contributed by atoms with van der Waals surface area (Å²) in [5, 5.41) is 6.56. The van der Waals surface area contributed by atoms with Crippen LogP contribution in [0, 0.1) is 12.7 Å². The summed E-state index contributed by atoms with van der Waals surface area (Å²) in [6, 6.07) is 13.7. The van der Waals surface area contributed by atoms with E-state index in [0.717, 1.165) is 24.6 Å². The van der Waals surface area contributed by atoms with Crippen molar-refractivity contribution in [3.63, 3.8) is 0 Å². The number of aliphatic imine (C=N–C) groups is 1. The Hall–Kier alpha value is -2.40. The largest absolute Gasteiger partial charge is 0.357 e. The molecule has 0 heterocycles. The summed E-state index contributed by atoms with van der Waals surface area (Å²) in [6.45, 7) is 6.73. The molecule has 0 atom stereocenters. The van der Waals surface area contributed by atoms with Gasteiger partial charge in [-0.1, -0.05) is 36.4 Å². The number of hydrogen-bond acceptors (Lipinski definition) is 2. The van der Waals surface area contributed by atoms with Gasteiger partial charge in [0.1, 0.15) is 5.82 Å². The van der Waals surface area contributed by atoms with Gasteiger partial charge < -0.3 is 15.5 Å². The molecule has 0 unspecified atom stereocenters. The van der Waals surface area contributed by atoms with E-state index >= 15 is 0 Å². The Kier molecular flexibility index (Phi) is 7.60. The Labute approximate surface area is 156 Å². The highest BCUT2D eigenvalue weighted by Crippen LogP contribution is 2.10. The summed E-state index contributed by atoms with van der Waals surface area (Å²) in [4.78, 5) is 6.82. The lowest BCUT2D eigenvalue weighted by Crippen LogP contribution is -2.36. The van der Waals surface area contributed by atoms with Gasteiger partial charge >= 0.3 is 0 Å². The molecule has 140 valence electrons.